The van der Waals surface area contributed by atoms with Crippen molar-refractivity contribution in [2.75, 3.05) is 19.7 Å². The number of pyridine rings is 1. The monoisotopic (exact) mass is 367 g/mol. The molecule has 1 atom stereocenters. The number of rotatable bonds is 5. The molecule has 1 aromatic heterocycles. The fourth-order valence-corrected chi connectivity index (χ4v) is 2.20. The van der Waals surface area contributed by atoms with Gasteiger partial charge in [-0.3, -0.25) is 4.79 Å². The predicted octanol–water partition coefficient (Wildman–Crippen LogP) is 2.23. The number of nitrogens with one attached hydrogen (secondary N) is 2. The van der Waals surface area contributed by atoms with Crippen LogP contribution in [0.5, 0.6) is 5.88 Å². The van der Waals surface area contributed by atoms with Crippen molar-refractivity contribution in [2.24, 2.45) is 5.41 Å². The summed E-state index contributed by atoms with van der Waals surface area (Å²) >= 11 is 0. The van der Waals surface area contributed by atoms with Gasteiger partial charge in [-0.25, -0.2) is 13.8 Å². The smallest absolute Gasteiger partial charge is 0.421 e. The molecule has 1 aliphatic heterocycles. The first-order valence-electron chi connectivity index (χ1n) is 7.48. The van der Waals surface area contributed by atoms with Crippen LogP contribution in [0, 0.1) is 5.41 Å². The number of carbonyl (C=O) groups is 1. The molecule has 1 amide bonds. The first-order valence-corrected chi connectivity index (χ1v) is 7.48. The normalized spacial score (nSPS) is 20.4. The number of halogens is 5. The molecule has 1 aromatic rings. The highest BCUT2D eigenvalue weighted by Crippen LogP contribution is 2.35. The molecule has 0 bridgehead atoms. The molecule has 0 aliphatic carbocycles. The number of hydrogen-bond acceptors (Lipinski definition) is 4. The standard InChI is InChI=1S/C15H18F5N3O2/c1-13(2,12(24)23-10-6-21-7-14(10,16)17)8-25-11-9(15(18,19)20)4-3-5-22-11/h3-5,10,21H,6-8H2,1-2H3,(H,23,24). The Morgan fingerprint density at radius 2 is 2.12 bits per heavy atom. The molecule has 1 aliphatic rings. The van der Waals surface area contributed by atoms with Gasteiger partial charge in [0.05, 0.1) is 12.0 Å². The second-order valence-electron chi connectivity index (χ2n) is 6.44. The molecular weight excluding hydrogens is 349 g/mol. The van der Waals surface area contributed by atoms with Crippen LogP contribution in [0.1, 0.15) is 19.4 Å². The van der Waals surface area contributed by atoms with E-state index in [9.17, 15) is 26.7 Å². The molecule has 10 heteroatoms. The van der Waals surface area contributed by atoms with E-state index >= 15 is 0 Å². The molecule has 1 unspecified atom stereocenters. The molecule has 0 saturated carbocycles. The average Bonchev–Trinajstić information content (AvgIpc) is 2.83. The van der Waals surface area contributed by atoms with Crippen molar-refractivity contribution in [1.82, 2.24) is 15.6 Å². The Kier molecular flexibility index (Phi) is 5.22. The van der Waals surface area contributed by atoms with Crippen LogP contribution in [-0.2, 0) is 11.0 Å². The molecule has 2 heterocycles. The minimum Gasteiger partial charge on any atom is -0.476 e. The maximum atomic E-state index is 13.5. The van der Waals surface area contributed by atoms with E-state index in [1.54, 1.807) is 0 Å². The summed E-state index contributed by atoms with van der Waals surface area (Å²) in [6, 6.07) is 0.544. The van der Waals surface area contributed by atoms with E-state index < -0.39 is 54.1 Å². The lowest BCUT2D eigenvalue weighted by atomic mass is 9.93. The summed E-state index contributed by atoms with van der Waals surface area (Å²) in [6.07, 6.45) is -3.53. The van der Waals surface area contributed by atoms with Gasteiger partial charge in [-0.1, -0.05) is 0 Å². The van der Waals surface area contributed by atoms with Gasteiger partial charge in [-0.2, -0.15) is 13.2 Å². The number of aromatic nitrogens is 1. The van der Waals surface area contributed by atoms with Crippen LogP contribution in [0.3, 0.4) is 0 Å². The van der Waals surface area contributed by atoms with Gasteiger partial charge >= 0.3 is 6.18 Å². The molecule has 140 valence electrons. The van der Waals surface area contributed by atoms with Crippen LogP contribution in [0.15, 0.2) is 18.3 Å². The van der Waals surface area contributed by atoms with Crippen molar-refractivity contribution in [2.45, 2.75) is 32.0 Å². The number of alkyl halides is 5. The first-order chi connectivity index (χ1) is 11.4. The van der Waals surface area contributed by atoms with Gasteiger partial charge in [0.15, 0.2) is 0 Å². The topological polar surface area (TPSA) is 63.2 Å². The molecule has 5 nitrogen and oxygen atoms in total. The summed E-state index contributed by atoms with van der Waals surface area (Å²) in [5.74, 6) is -4.49. The minimum atomic E-state index is -4.66. The molecule has 1 fully saturated rings. The Labute approximate surface area is 140 Å². The Morgan fingerprint density at radius 3 is 2.68 bits per heavy atom. The zero-order valence-corrected chi connectivity index (χ0v) is 13.6. The lowest BCUT2D eigenvalue weighted by Gasteiger charge is -2.27. The SMILES string of the molecule is CC(C)(COc1ncccc1C(F)(F)F)C(=O)NC1CNCC1(F)F. The average molecular weight is 367 g/mol. The fraction of sp³-hybridized carbons (Fsp3) is 0.600. The lowest BCUT2D eigenvalue weighted by Crippen LogP contribution is -2.52. The van der Waals surface area contributed by atoms with Gasteiger partial charge in [-0.15, -0.1) is 0 Å². The van der Waals surface area contributed by atoms with Gasteiger partial charge in [0.25, 0.3) is 5.92 Å². The molecule has 2 N–H and O–H groups in total. The zero-order chi connectivity index (χ0) is 18.9. The van der Waals surface area contributed by atoms with Gasteiger partial charge in [-0.05, 0) is 26.0 Å². The molecule has 2 rings (SSSR count). The summed E-state index contributed by atoms with van der Waals surface area (Å²) in [7, 11) is 0. The third-order valence-corrected chi connectivity index (χ3v) is 3.79. The second kappa shape index (κ2) is 6.74. The van der Waals surface area contributed by atoms with E-state index in [1.807, 2.05) is 0 Å². The summed E-state index contributed by atoms with van der Waals surface area (Å²) in [4.78, 5) is 15.7. The van der Waals surface area contributed by atoms with E-state index in [1.165, 1.54) is 13.8 Å². The summed E-state index contributed by atoms with van der Waals surface area (Å²) < 4.78 is 70.8. The maximum Gasteiger partial charge on any atom is 0.421 e. The fourth-order valence-electron chi connectivity index (χ4n) is 2.20. The van der Waals surface area contributed by atoms with E-state index in [0.717, 1.165) is 18.3 Å². The third kappa shape index (κ3) is 4.56. The predicted molar refractivity (Wildman–Crippen MR) is 78.3 cm³/mol. The quantitative estimate of drug-likeness (QED) is 0.784. The van der Waals surface area contributed by atoms with Crippen LogP contribution in [-0.4, -0.2) is 42.6 Å². The van der Waals surface area contributed by atoms with Crippen molar-refractivity contribution in [1.29, 1.82) is 0 Å². The minimum absolute atomic E-state index is 0.0891. The lowest BCUT2D eigenvalue weighted by molar-refractivity contribution is -0.140. The summed E-state index contributed by atoms with van der Waals surface area (Å²) in [5, 5.41) is 4.69. The highest BCUT2D eigenvalue weighted by molar-refractivity contribution is 5.82. The van der Waals surface area contributed by atoms with E-state index in [-0.39, 0.29) is 6.54 Å². The second-order valence-corrected chi connectivity index (χ2v) is 6.44. The number of amides is 1. The van der Waals surface area contributed by atoms with Gasteiger partial charge in [0.2, 0.25) is 11.8 Å². The Bertz CT molecular complexity index is 634. The van der Waals surface area contributed by atoms with Crippen molar-refractivity contribution in [3.05, 3.63) is 23.9 Å². The highest BCUT2D eigenvalue weighted by atomic mass is 19.4. The first kappa shape index (κ1) is 19.4. The Hall–Kier alpha value is -1.97. The number of hydrogen-bond donors (Lipinski definition) is 2. The van der Waals surface area contributed by atoms with Crippen molar-refractivity contribution >= 4 is 5.91 Å². The van der Waals surface area contributed by atoms with Gasteiger partial charge in [0, 0.05) is 12.7 Å². The van der Waals surface area contributed by atoms with Crippen LogP contribution in [0.25, 0.3) is 0 Å². The van der Waals surface area contributed by atoms with E-state index in [4.69, 9.17) is 4.74 Å². The van der Waals surface area contributed by atoms with Gasteiger partial charge < -0.3 is 15.4 Å². The van der Waals surface area contributed by atoms with Crippen LogP contribution in [0.4, 0.5) is 22.0 Å². The molecule has 25 heavy (non-hydrogen) atoms. The van der Waals surface area contributed by atoms with Crippen molar-refractivity contribution in [3.63, 3.8) is 0 Å². The van der Waals surface area contributed by atoms with Crippen molar-refractivity contribution < 1.29 is 31.5 Å². The Morgan fingerprint density at radius 1 is 1.44 bits per heavy atom. The largest absolute Gasteiger partial charge is 0.476 e. The number of carbonyl (C=O) groups excluding carboxylic acids is 1. The van der Waals surface area contributed by atoms with Crippen molar-refractivity contribution in [3.8, 4) is 5.88 Å². The number of ether oxygens (including phenoxy) is 1. The Balaban J connectivity index is 2.03. The molecular formula is C15H18F5N3O2. The molecule has 0 aromatic carbocycles. The van der Waals surface area contributed by atoms with E-state index in [2.05, 4.69) is 15.6 Å². The maximum absolute atomic E-state index is 13.5. The number of nitrogens with zero attached hydrogens (tertiary/aromatic N) is 1. The zero-order valence-electron chi connectivity index (χ0n) is 13.6. The van der Waals surface area contributed by atoms with Crippen LogP contribution in [0.2, 0.25) is 0 Å². The van der Waals surface area contributed by atoms with E-state index in [0.29, 0.717) is 0 Å². The van der Waals surface area contributed by atoms with Crippen LogP contribution >= 0.6 is 0 Å². The summed E-state index contributed by atoms with van der Waals surface area (Å²) in [5.41, 5.74) is -2.41. The molecule has 0 radical (unpaired) electrons. The third-order valence-electron chi connectivity index (χ3n) is 3.79. The van der Waals surface area contributed by atoms with Gasteiger partial charge in [0.1, 0.15) is 18.2 Å². The molecule has 0 spiro atoms. The molecule has 1 saturated heterocycles. The summed E-state index contributed by atoms with van der Waals surface area (Å²) in [6.45, 7) is 1.69. The highest BCUT2D eigenvalue weighted by Gasteiger charge is 2.46. The van der Waals surface area contributed by atoms with Crippen LogP contribution < -0.4 is 15.4 Å².